The lowest BCUT2D eigenvalue weighted by Gasteiger charge is -2.24. The molecule has 1 fully saturated rings. The van der Waals surface area contributed by atoms with Crippen LogP contribution in [0, 0.1) is 5.82 Å². The fraction of sp³-hybridized carbons (Fsp3) is 0.462. The van der Waals surface area contributed by atoms with Gasteiger partial charge < -0.3 is 9.64 Å². The molecular formula is C13H16FNO2. The molecule has 3 nitrogen and oxygen atoms in total. The van der Waals surface area contributed by atoms with E-state index in [1.54, 1.807) is 24.1 Å². The topological polar surface area (TPSA) is 29.5 Å². The van der Waals surface area contributed by atoms with Gasteiger partial charge in [-0.25, -0.2) is 4.39 Å². The first-order chi connectivity index (χ1) is 8.24. The lowest BCUT2D eigenvalue weighted by atomic mass is 10.1. The Morgan fingerprint density at radius 3 is 3.00 bits per heavy atom. The van der Waals surface area contributed by atoms with E-state index >= 15 is 0 Å². The third-order valence-electron chi connectivity index (χ3n) is 3.10. The molecule has 1 aromatic rings. The minimum atomic E-state index is -0.458. The molecule has 0 aromatic heterocycles. The summed E-state index contributed by atoms with van der Waals surface area (Å²) in [5.74, 6) is -0.691. The predicted octanol–water partition coefficient (Wildman–Crippen LogP) is 2.08. The van der Waals surface area contributed by atoms with E-state index in [0.29, 0.717) is 13.2 Å². The van der Waals surface area contributed by atoms with E-state index in [0.717, 1.165) is 12.8 Å². The van der Waals surface area contributed by atoms with Crippen molar-refractivity contribution < 1.29 is 13.9 Å². The Labute approximate surface area is 100 Å². The molecule has 1 aliphatic heterocycles. The Kier molecular flexibility index (Phi) is 3.74. The normalized spacial score (nSPS) is 19.6. The molecule has 0 spiro atoms. The maximum Gasteiger partial charge on any atom is 0.257 e. The van der Waals surface area contributed by atoms with Gasteiger partial charge in [0.2, 0.25) is 0 Å². The number of rotatable bonds is 3. The first kappa shape index (κ1) is 12.0. The molecule has 0 N–H and O–H groups in total. The quantitative estimate of drug-likeness (QED) is 0.805. The fourth-order valence-electron chi connectivity index (χ4n) is 2.26. The van der Waals surface area contributed by atoms with Gasteiger partial charge >= 0.3 is 0 Å². The molecule has 17 heavy (non-hydrogen) atoms. The molecule has 1 aromatic carbocycles. The summed E-state index contributed by atoms with van der Waals surface area (Å²) < 4.78 is 18.6. The van der Waals surface area contributed by atoms with Crippen LogP contribution < -0.4 is 0 Å². The molecule has 1 amide bonds. The number of hydrogen-bond donors (Lipinski definition) is 0. The second-order valence-corrected chi connectivity index (χ2v) is 4.23. The van der Waals surface area contributed by atoms with Crippen LogP contribution in [0.4, 0.5) is 4.39 Å². The number of amides is 1. The number of ether oxygens (including phenoxy) is 1. The van der Waals surface area contributed by atoms with Crippen LogP contribution in [0.1, 0.15) is 23.2 Å². The molecule has 1 unspecified atom stereocenters. The first-order valence-electron chi connectivity index (χ1n) is 5.78. The van der Waals surface area contributed by atoms with E-state index in [9.17, 15) is 9.18 Å². The number of likely N-dealkylation sites (tertiary alicyclic amines) is 1. The lowest BCUT2D eigenvalue weighted by Crippen LogP contribution is -2.38. The zero-order valence-electron chi connectivity index (χ0n) is 9.86. The molecule has 0 saturated carbocycles. The van der Waals surface area contributed by atoms with Gasteiger partial charge in [-0.15, -0.1) is 0 Å². The highest BCUT2D eigenvalue weighted by Gasteiger charge is 2.30. The summed E-state index contributed by atoms with van der Waals surface area (Å²) in [6.45, 7) is 1.20. The van der Waals surface area contributed by atoms with Gasteiger partial charge in [0, 0.05) is 13.7 Å². The molecule has 1 heterocycles. The van der Waals surface area contributed by atoms with Gasteiger partial charge in [0.15, 0.2) is 0 Å². The average Bonchev–Trinajstić information content (AvgIpc) is 2.78. The number of methoxy groups -OCH3 is 1. The molecule has 1 saturated heterocycles. The summed E-state index contributed by atoms with van der Waals surface area (Å²) in [5.41, 5.74) is 0.149. The number of hydrogen-bond acceptors (Lipinski definition) is 2. The van der Waals surface area contributed by atoms with E-state index < -0.39 is 5.82 Å². The van der Waals surface area contributed by atoms with Gasteiger partial charge in [-0.3, -0.25) is 4.79 Å². The standard InChI is InChI=1S/C13H16FNO2/c1-17-9-10-5-4-8-15(10)13(16)11-6-2-3-7-12(11)14/h2-3,6-7,10H,4-5,8-9H2,1H3. The van der Waals surface area contributed by atoms with Crippen molar-refractivity contribution in [1.82, 2.24) is 4.90 Å². The Bertz CT molecular complexity index is 408. The van der Waals surface area contributed by atoms with Crippen molar-refractivity contribution >= 4 is 5.91 Å². The molecule has 1 aliphatic rings. The molecular weight excluding hydrogens is 221 g/mol. The fourth-order valence-corrected chi connectivity index (χ4v) is 2.26. The second kappa shape index (κ2) is 5.27. The monoisotopic (exact) mass is 237 g/mol. The molecule has 92 valence electrons. The number of nitrogens with zero attached hydrogens (tertiary/aromatic N) is 1. The highest BCUT2D eigenvalue weighted by atomic mass is 19.1. The molecule has 0 radical (unpaired) electrons. The molecule has 0 bridgehead atoms. The van der Waals surface area contributed by atoms with Crippen molar-refractivity contribution in [2.75, 3.05) is 20.3 Å². The van der Waals surface area contributed by atoms with E-state index in [4.69, 9.17) is 4.74 Å². The van der Waals surface area contributed by atoms with Crippen LogP contribution >= 0.6 is 0 Å². The Morgan fingerprint density at radius 2 is 2.29 bits per heavy atom. The van der Waals surface area contributed by atoms with Gasteiger partial charge in [-0.1, -0.05) is 12.1 Å². The van der Waals surface area contributed by atoms with Gasteiger partial charge in [-0.05, 0) is 25.0 Å². The van der Waals surface area contributed by atoms with Crippen molar-refractivity contribution in [3.8, 4) is 0 Å². The molecule has 4 heteroatoms. The molecule has 1 atom stereocenters. The average molecular weight is 237 g/mol. The van der Waals surface area contributed by atoms with Gasteiger partial charge in [-0.2, -0.15) is 0 Å². The summed E-state index contributed by atoms with van der Waals surface area (Å²) in [4.78, 5) is 13.9. The Morgan fingerprint density at radius 1 is 1.53 bits per heavy atom. The third kappa shape index (κ3) is 2.47. The zero-order valence-corrected chi connectivity index (χ0v) is 9.86. The van der Waals surface area contributed by atoms with Crippen LogP contribution in [0.3, 0.4) is 0 Å². The van der Waals surface area contributed by atoms with Gasteiger partial charge in [0.05, 0.1) is 18.2 Å². The van der Waals surface area contributed by atoms with Crippen molar-refractivity contribution in [1.29, 1.82) is 0 Å². The van der Waals surface area contributed by atoms with Crippen molar-refractivity contribution in [3.63, 3.8) is 0 Å². The first-order valence-corrected chi connectivity index (χ1v) is 5.78. The van der Waals surface area contributed by atoms with E-state index in [2.05, 4.69) is 0 Å². The second-order valence-electron chi connectivity index (χ2n) is 4.23. The number of benzene rings is 1. The lowest BCUT2D eigenvalue weighted by molar-refractivity contribution is 0.0626. The Hall–Kier alpha value is -1.42. The van der Waals surface area contributed by atoms with Gasteiger partial charge in [0.1, 0.15) is 5.82 Å². The predicted molar refractivity (Wildman–Crippen MR) is 62.3 cm³/mol. The van der Waals surface area contributed by atoms with Crippen LogP contribution in [-0.2, 0) is 4.74 Å². The third-order valence-corrected chi connectivity index (χ3v) is 3.10. The number of carbonyl (C=O) groups is 1. The minimum Gasteiger partial charge on any atom is -0.383 e. The molecule has 0 aliphatic carbocycles. The maximum atomic E-state index is 13.5. The maximum absolute atomic E-state index is 13.5. The van der Waals surface area contributed by atoms with Crippen LogP contribution in [0.15, 0.2) is 24.3 Å². The summed E-state index contributed by atoms with van der Waals surface area (Å²) in [7, 11) is 1.62. The van der Waals surface area contributed by atoms with E-state index in [1.807, 2.05) is 0 Å². The summed E-state index contributed by atoms with van der Waals surface area (Å²) in [6.07, 6.45) is 1.88. The Balaban J connectivity index is 2.17. The van der Waals surface area contributed by atoms with E-state index in [-0.39, 0.29) is 17.5 Å². The van der Waals surface area contributed by atoms with Crippen molar-refractivity contribution in [3.05, 3.63) is 35.6 Å². The highest BCUT2D eigenvalue weighted by molar-refractivity contribution is 5.94. The van der Waals surface area contributed by atoms with Crippen LogP contribution in [-0.4, -0.2) is 37.1 Å². The van der Waals surface area contributed by atoms with E-state index in [1.165, 1.54) is 12.1 Å². The van der Waals surface area contributed by atoms with Crippen LogP contribution in [0.5, 0.6) is 0 Å². The summed E-state index contributed by atoms with van der Waals surface area (Å²) in [5, 5.41) is 0. The molecule has 2 rings (SSSR count). The smallest absolute Gasteiger partial charge is 0.257 e. The summed E-state index contributed by atoms with van der Waals surface area (Å²) in [6, 6.07) is 6.18. The summed E-state index contributed by atoms with van der Waals surface area (Å²) >= 11 is 0. The van der Waals surface area contributed by atoms with Crippen LogP contribution in [0.2, 0.25) is 0 Å². The van der Waals surface area contributed by atoms with Crippen molar-refractivity contribution in [2.45, 2.75) is 18.9 Å². The largest absolute Gasteiger partial charge is 0.383 e. The van der Waals surface area contributed by atoms with Gasteiger partial charge in [0.25, 0.3) is 5.91 Å². The highest BCUT2D eigenvalue weighted by Crippen LogP contribution is 2.21. The van der Waals surface area contributed by atoms with Crippen molar-refractivity contribution in [2.24, 2.45) is 0 Å². The SMILES string of the molecule is COCC1CCCN1C(=O)c1ccccc1F. The zero-order chi connectivity index (χ0) is 12.3. The minimum absolute atomic E-state index is 0.0760. The number of carbonyl (C=O) groups excluding carboxylic acids is 1. The van der Waals surface area contributed by atoms with Crippen LogP contribution in [0.25, 0.3) is 0 Å². The number of halogens is 1.